The molecule has 0 aliphatic heterocycles. The fourth-order valence-electron chi connectivity index (χ4n) is 8.38. The molecule has 5 aromatic carbocycles. The van der Waals surface area contributed by atoms with E-state index in [2.05, 4.69) is 165 Å². The van der Waals surface area contributed by atoms with Crippen LogP contribution in [0, 0.1) is 0 Å². The summed E-state index contributed by atoms with van der Waals surface area (Å²) in [6.45, 7) is 32.7. The molecule has 0 atom stereocenters. The molecular weight excluding hydrogens is 739 g/mol. The molecule has 6 N–H and O–H groups in total. The number of fused-ring (bicyclic) bond motifs is 10. The van der Waals surface area contributed by atoms with Crippen molar-refractivity contribution < 1.29 is 20.4 Å². The van der Waals surface area contributed by atoms with Crippen molar-refractivity contribution in [2.75, 3.05) is 5.73 Å². The van der Waals surface area contributed by atoms with E-state index >= 15 is 0 Å². The predicted molar refractivity (Wildman–Crippen MR) is 251 cm³/mol. The van der Waals surface area contributed by atoms with Crippen LogP contribution in [0.5, 0.6) is 23.0 Å². The second-order valence-corrected chi connectivity index (χ2v) is 22.9. The summed E-state index contributed by atoms with van der Waals surface area (Å²) in [5.74, 6) is 0.714. The molecule has 0 amide bonds. The summed E-state index contributed by atoms with van der Waals surface area (Å²) in [4.78, 5) is 0. The summed E-state index contributed by atoms with van der Waals surface area (Å²) in [7, 11) is 0. The largest absolute Gasteiger partial charge is 0.507 e. The van der Waals surface area contributed by atoms with E-state index in [0.29, 0.717) is 48.9 Å². The zero-order valence-electron chi connectivity index (χ0n) is 39.2. The summed E-state index contributed by atoms with van der Waals surface area (Å²) in [5.41, 5.74) is 19.8. The molecule has 1 aliphatic carbocycles. The van der Waals surface area contributed by atoms with Crippen molar-refractivity contribution in [1.82, 2.24) is 0 Å². The SMILES string of the molecule is CC(C)(C)c1cc2c(N)c(c1)Cc1cc(C(C)(C)C)cc(c1O)Cc1cc(C(C)(C)C)cc(c1O)Cc1cc(C(C)(C)C)cc(c1O)Cc1cc(C(C)(C)C)cc(c1O)C2. The van der Waals surface area contributed by atoms with Gasteiger partial charge in [-0.1, -0.05) is 165 Å². The topological polar surface area (TPSA) is 107 Å². The number of rotatable bonds is 0. The first kappa shape index (κ1) is 44.6. The molecule has 0 fully saturated rings. The van der Waals surface area contributed by atoms with Crippen LogP contribution in [0.1, 0.15) is 187 Å². The summed E-state index contributed by atoms with van der Waals surface area (Å²) in [6.07, 6.45) is 1.76. The Balaban J connectivity index is 1.74. The molecule has 0 saturated carbocycles. The van der Waals surface area contributed by atoms with Gasteiger partial charge < -0.3 is 26.2 Å². The maximum atomic E-state index is 12.3. The third kappa shape index (κ3) is 9.21. The van der Waals surface area contributed by atoms with Gasteiger partial charge in [-0.3, -0.25) is 0 Å². The minimum Gasteiger partial charge on any atom is -0.507 e. The van der Waals surface area contributed by atoms with Crippen LogP contribution in [0.3, 0.4) is 0 Å². The van der Waals surface area contributed by atoms with Crippen LogP contribution in [0.15, 0.2) is 60.7 Å². The number of benzene rings is 5. The number of nitrogens with two attached hydrogens (primary N) is 1. The van der Waals surface area contributed by atoms with Crippen molar-refractivity contribution in [1.29, 1.82) is 0 Å². The van der Waals surface area contributed by atoms with E-state index in [-0.39, 0.29) is 50.1 Å². The maximum absolute atomic E-state index is 12.3. The number of hydrogen-bond donors (Lipinski definition) is 5. The first-order valence-electron chi connectivity index (χ1n) is 21.7. The van der Waals surface area contributed by atoms with Crippen LogP contribution in [0.2, 0.25) is 0 Å². The number of phenols is 4. The highest BCUT2D eigenvalue weighted by Crippen LogP contribution is 2.43. The van der Waals surface area contributed by atoms with Crippen molar-refractivity contribution in [3.63, 3.8) is 0 Å². The van der Waals surface area contributed by atoms with Gasteiger partial charge in [0.25, 0.3) is 0 Å². The number of hydrogen-bond acceptors (Lipinski definition) is 5. The summed E-state index contributed by atoms with van der Waals surface area (Å²) >= 11 is 0. The molecule has 10 bridgehead atoms. The Hall–Kier alpha value is -4.90. The van der Waals surface area contributed by atoms with E-state index in [1.54, 1.807) is 0 Å². The Bertz CT molecular complexity index is 1950. The molecule has 0 unspecified atom stereocenters. The molecule has 0 saturated heterocycles. The van der Waals surface area contributed by atoms with Crippen molar-refractivity contribution in [2.45, 2.75) is 163 Å². The molecule has 320 valence electrons. The standard InChI is InChI=1S/C55H71NO4/c1-51(2,3)41-21-31-16-33-23-42(52(4,5)6)25-35(47(33)57)18-37-27-44(54(10,11)12)29-39(49(37)59)20-40-30-45(55(13,14)15)28-38(50(40)60)19-36-26-43(53(7,8)9)24-34(48(36)58)17-32(22-41)46(31)56/h21-30,57-60H,16-20,56H2,1-15H3. The van der Waals surface area contributed by atoms with Crippen molar-refractivity contribution >= 4 is 5.69 Å². The normalized spacial score (nSPS) is 14.2. The van der Waals surface area contributed by atoms with E-state index in [0.717, 1.165) is 72.3 Å². The first-order valence-corrected chi connectivity index (χ1v) is 21.7. The van der Waals surface area contributed by atoms with E-state index in [1.807, 2.05) is 0 Å². The van der Waals surface area contributed by atoms with E-state index < -0.39 is 0 Å². The van der Waals surface area contributed by atoms with E-state index in [1.165, 1.54) is 0 Å². The number of nitrogen functional groups attached to an aromatic ring is 1. The molecule has 0 spiro atoms. The fraction of sp³-hybridized carbons (Fsp3) is 0.455. The minimum absolute atomic E-state index is 0.161. The van der Waals surface area contributed by atoms with Gasteiger partial charge in [-0.05, 0) is 111 Å². The highest BCUT2D eigenvalue weighted by molar-refractivity contribution is 5.63. The number of aromatic hydroxyl groups is 4. The van der Waals surface area contributed by atoms with Crippen LogP contribution in [0.4, 0.5) is 5.69 Å². The van der Waals surface area contributed by atoms with Gasteiger partial charge >= 0.3 is 0 Å². The van der Waals surface area contributed by atoms with E-state index in [9.17, 15) is 20.4 Å². The van der Waals surface area contributed by atoms with Crippen LogP contribution in [-0.2, 0) is 59.2 Å². The Morgan fingerprint density at radius 1 is 0.283 bits per heavy atom. The van der Waals surface area contributed by atoms with Gasteiger partial charge in [0.1, 0.15) is 23.0 Å². The third-order valence-corrected chi connectivity index (χ3v) is 12.7. The van der Waals surface area contributed by atoms with Crippen LogP contribution in [-0.4, -0.2) is 20.4 Å². The second kappa shape index (κ2) is 15.2. The predicted octanol–water partition coefficient (Wildman–Crippen LogP) is 12.8. The lowest BCUT2D eigenvalue weighted by molar-refractivity contribution is 0.451. The van der Waals surface area contributed by atoms with Crippen molar-refractivity contribution in [3.05, 3.63) is 144 Å². The maximum Gasteiger partial charge on any atom is 0.122 e. The van der Waals surface area contributed by atoms with Crippen molar-refractivity contribution in [3.8, 4) is 23.0 Å². The fourth-order valence-corrected chi connectivity index (χ4v) is 8.38. The molecule has 5 nitrogen and oxygen atoms in total. The molecule has 5 aromatic rings. The monoisotopic (exact) mass is 810 g/mol. The summed E-state index contributed by atoms with van der Waals surface area (Å²) < 4.78 is 0. The summed E-state index contributed by atoms with van der Waals surface area (Å²) in [5, 5.41) is 49.1. The lowest BCUT2D eigenvalue weighted by Crippen LogP contribution is -2.16. The second-order valence-electron chi connectivity index (χ2n) is 22.9. The molecule has 0 radical (unpaired) electrons. The quantitative estimate of drug-likeness (QED) is 0.0983. The van der Waals surface area contributed by atoms with Gasteiger partial charge in [-0.2, -0.15) is 0 Å². The lowest BCUT2D eigenvalue weighted by atomic mass is 9.79. The average Bonchev–Trinajstić information content (AvgIpc) is 3.09. The van der Waals surface area contributed by atoms with Crippen LogP contribution < -0.4 is 5.73 Å². The Labute approximate surface area is 360 Å². The molecule has 1 aliphatic rings. The molecule has 5 heteroatoms. The smallest absolute Gasteiger partial charge is 0.122 e. The molecule has 60 heavy (non-hydrogen) atoms. The Kier molecular flexibility index (Phi) is 11.3. The average molecular weight is 810 g/mol. The molecular formula is C55H71NO4. The lowest BCUT2D eigenvalue weighted by Gasteiger charge is -2.27. The van der Waals surface area contributed by atoms with Crippen molar-refractivity contribution in [2.24, 2.45) is 0 Å². The third-order valence-electron chi connectivity index (χ3n) is 12.7. The highest BCUT2D eigenvalue weighted by atomic mass is 16.3. The Morgan fingerprint density at radius 3 is 0.567 bits per heavy atom. The minimum atomic E-state index is -0.244. The first-order chi connectivity index (χ1) is 27.4. The molecule has 0 aromatic heterocycles. The highest BCUT2D eigenvalue weighted by Gasteiger charge is 2.28. The number of phenolic OH excluding ortho intramolecular Hbond substituents is 4. The van der Waals surface area contributed by atoms with E-state index in [4.69, 9.17) is 5.73 Å². The Morgan fingerprint density at radius 2 is 0.417 bits per heavy atom. The summed E-state index contributed by atoms with van der Waals surface area (Å²) in [6, 6.07) is 21.0. The van der Waals surface area contributed by atoms with Gasteiger partial charge in [-0.25, -0.2) is 0 Å². The zero-order valence-corrected chi connectivity index (χ0v) is 39.2. The molecule has 0 heterocycles. The van der Waals surface area contributed by atoms with Gasteiger partial charge in [-0.15, -0.1) is 0 Å². The number of anilines is 1. The van der Waals surface area contributed by atoms with Crippen LogP contribution in [0.25, 0.3) is 0 Å². The van der Waals surface area contributed by atoms with Gasteiger partial charge in [0.2, 0.25) is 0 Å². The van der Waals surface area contributed by atoms with Crippen LogP contribution >= 0.6 is 0 Å². The molecule has 6 rings (SSSR count). The van der Waals surface area contributed by atoms with Gasteiger partial charge in [0.05, 0.1) is 0 Å². The zero-order chi connectivity index (χ0) is 44.7. The van der Waals surface area contributed by atoms with Gasteiger partial charge in [0, 0.05) is 37.8 Å². The van der Waals surface area contributed by atoms with Gasteiger partial charge in [0.15, 0.2) is 0 Å².